The molecular weight excluding hydrogens is 258 g/mol. The van der Waals surface area contributed by atoms with E-state index >= 15 is 0 Å². The number of hydrogen-bond acceptors (Lipinski definition) is 3. The van der Waals surface area contributed by atoms with Crippen molar-refractivity contribution in [2.75, 3.05) is 10.7 Å². The summed E-state index contributed by atoms with van der Waals surface area (Å²) >= 11 is 3.26. The van der Waals surface area contributed by atoms with Crippen molar-refractivity contribution in [2.45, 2.75) is 0 Å². The number of nitrogens with one attached hydrogen (secondary N) is 1. The molecular formula is C7H6BrNO3S. The van der Waals surface area contributed by atoms with Crippen LogP contribution in [0.15, 0.2) is 22.7 Å². The first-order chi connectivity index (χ1) is 6.07. The molecule has 0 radical (unpaired) electrons. The summed E-state index contributed by atoms with van der Waals surface area (Å²) in [5.41, 5.74) is 0.481. The van der Waals surface area contributed by atoms with Crippen LogP contribution in [0.2, 0.25) is 0 Å². The highest BCUT2D eigenvalue weighted by Gasteiger charge is 2.20. The van der Waals surface area contributed by atoms with Gasteiger partial charge in [0.05, 0.1) is 5.69 Å². The van der Waals surface area contributed by atoms with Crippen molar-refractivity contribution < 1.29 is 13.2 Å². The standard InChI is InChI=1S/C7H6BrNO3S/c8-5-1-2-6-7(3-5)12-4-13(10,11)9-6/h1-3,9H,4H2. The van der Waals surface area contributed by atoms with E-state index in [1.807, 2.05) is 0 Å². The predicted octanol–water partition coefficient (Wildman–Crippen LogP) is 1.54. The molecule has 1 aliphatic heterocycles. The first kappa shape index (κ1) is 8.83. The van der Waals surface area contributed by atoms with Gasteiger partial charge in [-0.2, -0.15) is 0 Å². The zero-order chi connectivity index (χ0) is 9.47. The van der Waals surface area contributed by atoms with Gasteiger partial charge in [-0.3, -0.25) is 4.72 Å². The molecule has 1 aromatic carbocycles. The summed E-state index contributed by atoms with van der Waals surface area (Å²) in [6.45, 7) is 0. The molecule has 0 fully saturated rings. The van der Waals surface area contributed by atoms with Crippen LogP contribution in [0.5, 0.6) is 5.75 Å². The van der Waals surface area contributed by atoms with Crippen LogP contribution >= 0.6 is 15.9 Å². The Morgan fingerprint density at radius 1 is 1.46 bits per heavy atom. The minimum atomic E-state index is -3.30. The van der Waals surface area contributed by atoms with Crippen LogP contribution in [0.1, 0.15) is 0 Å². The van der Waals surface area contributed by atoms with Gasteiger partial charge in [0, 0.05) is 4.47 Å². The third-order valence-corrected chi connectivity index (χ3v) is 3.03. The fourth-order valence-electron chi connectivity index (χ4n) is 1.04. The minimum Gasteiger partial charge on any atom is -0.474 e. The van der Waals surface area contributed by atoms with Crippen molar-refractivity contribution >= 4 is 31.6 Å². The molecule has 0 spiro atoms. The average Bonchev–Trinajstić information content (AvgIpc) is 2.05. The van der Waals surface area contributed by atoms with E-state index in [1.165, 1.54) is 0 Å². The molecule has 0 aliphatic carbocycles. The Morgan fingerprint density at radius 3 is 3.00 bits per heavy atom. The second-order valence-corrected chi connectivity index (χ2v) is 5.20. The van der Waals surface area contributed by atoms with Crippen LogP contribution in [0.4, 0.5) is 5.69 Å². The molecule has 2 rings (SSSR count). The van der Waals surface area contributed by atoms with Crippen LogP contribution < -0.4 is 9.46 Å². The van der Waals surface area contributed by atoms with E-state index in [0.29, 0.717) is 11.4 Å². The lowest BCUT2D eigenvalue weighted by Gasteiger charge is -2.18. The van der Waals surface area contributed by atoms with E-state index in [4.69, 9.17) is 4.74 Å². The third-order valence-electron chi connectivity index (χ3n) is 1.58. The lowest BCUT2D eigenvalue weighted by atomic mass is 10.3. The summed E-state index contributed by atoms with van der Waals surface area (Å²) in [6.07, 6.45) is 0. The highest BCUT2D eigenvalue weighted by Crippen LogP contribution is 2.31. The van der Waals surface area contributed by atoms with Gasteiger partial charge in [-0.1, -0.05) is 15.9 Å². The highest BCUT2D eigenvalue weighted by molar-refractivity contribution is 9.10. The summed E-state index contributed by atoms with van der Waals surface area (Å²) in [7, 11) is -3.30. The number of sulfonamides is 1. The highest BCUT2D eigenvalue weighted by atomic mass is 79.9. The Kier molecular flexibility index (Phi) is 1.96. The number of halogens is 1. The van der Waals surface area contributed by atoms with Crippen molar-refractivity contribution in [1.29, 1.82) is 0 Å². The van der Waals surface area contributed by atoms with E-state index < -0.39 is 10.0 Å². The van der Waals surface area contributed by atoms with E-state index in [0.717, 1.165) is 4.47 Å². The van der Waals surface area contributed by atoms with Crippen molar-refractivity contribution in [3.8, 4) is 5.75 Å². The molecule has 0 aromatic heterocycles. The molecule has 13 heavy (non-hydrogen) atoms. The normalized spacial score (nSPS) is 18.2. The average molecular weight is 264 g/mol. The molecule has 1 N–H and O–H groups in total. The zero-order valence-electron chi connectivity index (χ0n) is 6.45. The van der Waals surface area contributed by atoms with Gasteiger partial charge in [-0.25, -0.2) is 8.42 Å². The molecule has 1 aliphatic rings. The Bertz CT molecular complexity index is 443. The van der Waals surface area contributed by atoms with Crippen LogP contribution in [0.3, 0.4) is 0 Å². The van der Waals surface area contributed by atoms with Crippen LogP contribution in [0, 0.1) is 0 Å². The van der Waals surface area contributed by atoms with Gasteiger partial charge in [-0.05, 0) is 18.2 Å². The lowest BCUT2D eigenvalue weighted by Crippen LogP contribution is -2.25. The van der Waals surface area contributed by atoms with Gasteiger partial charge in [0.1, 0.15) is 5.75 Å². The van der Waals surface area contributed by atoms with Gasteiger partial charge in [0.15, 0.2) is 0 Å². The van der Waals surface area contributed by atoms with Crippen molar-refractivity contribution in [1.82, 2.24) is 0 Å². The van der Waals surface area contributed by atoms with E-state index in [-0.39, 0.29) is 5.94 Å². The fourth-order valence-corrected chi connectivity index (χ4v) is 2.22. The van der Waals surface area contributed by atoms with E-state index in [2.05, 4.69) is 20.7 Å². The molecule has 70 valence electrons. The topological polar surface area (TPSA) is 55.4 Å². The Morgan fingerprint density at radius 2 is 2.23 bits per heavy atom. The van der Waals surface area contributed by atoms with Gasteiger partial charge in [0.25, 0.3) is 10.0 Å². The summed E-state index contributed by atoms with van der Waals surface area (Å²) in [5.74, 6) is 0.223. The Hall–Kier alpha value is -0.750. The summed E-state index contributed by atoms with van der Waals surface area (Å²) in [6, 6.07) is 5.11. The van der Waals surface area contributed by atoms with E-state index in [1.54, 1.807) is 18.2 Å². The molecule has 1 heterocycles. The first-order valence-corrected chi connectivity index (χ1v) is 5.94. The van der Waals surface area contributed by atoms with Crippen molar-refractivity contribution in [2.24, 2.45) is 0 Å². The minimum absolute atomic E-state index is 0.323. The Labute approximate surface area is 84.1 Å². The molecule has 0 unspecified atom stereocenters. The van der Waals surface area contributed by atoms with E-state index in [9.17, 15) is 8.42 Å². The third kappa shape index (κ3) is 1.78. The van der Waals surface area contributed by atoms with Gasteiger partial charge < -0.3 is 4.74 Å². The van der Waals surface area contributed by atoms with Crippen LogP contribution in [0.25, 0.3) is 0 Å². The molecule has 0 atom stereocenters. The Balaban J connectivity index is 2.48. The second kappa shape index (κ2) is 2.88. The maximum atomic E-state index is 11.1. The zero-order valence-corrected chi connectivity index (χ0v) is 8.85. The smallest absolute Gasteiger partial charge is 0.268 e. The summed E-state index contributed by atoms with van der Waals surface area (Å²) < 4.78 is 30.4. The number of ether oxygens (including phenoxy) is 1. The number of anilines is 1. The quantitative estimate of drug-likeness (QED) is 0.773. The number of hydrogen-bond donors (Lipinski definition) is 1. The molecule has 1 aromatic rings. The first-order valence-electron chi connectivity index (χ1n) is 3.50. The molecule has 0 saturated carbocycles. The van der Waals surface area contributed by atoms with Gasteiger partial charge in [0.2, 0.25) is 5.94 Å². The summed E-state index contributed by atoms with van der Waals surface area (Å²) in [4.78, 5) is 0. The predicted molar refractivity (Wildman–Crippen MR) is 52.2 cm³/mol. The van der Waals surface area contributed by atoms with Crippen LogP contribution in [-0.4, -0.2) is 14.4 Å². The molecule has 0 bridgehead atoms. The monoisotopic (exact) mass is 263 g/mol. The maximum absolute atomic E-state index is 11.1. The SMILES string of the molecule is O=S1(=O)COc2cc(Br)ccc2N1. The lowest BCUT2D eigenvalue weighted by molar-refractivity contribution is 0.374. The number of rotatable bonds is 0. The molecule has 4 nitrogen and oxygen atoms in total. The second-order valence-electron chi connectivity index (χ2n) is 2.62. The number of benzene rings is 1. The van der Waals surface area contributed by atoms with Crippen molar-refractivity contribution in [3.63, 3.8) is 0 Å². The molecule has 0 saturated heterocycles. The molecule has 0 amide bonds. The summed E-state index contributed by atoms with van der Waals surface area (Å²) in [5, 5.41) is 0. The maximum Gasteiger partial charge on any atom is 0.268 e. The van der Waals surface area contributed by atoms with Crippen molar-refractivity contribution in [3.05, 3.63) is 22.7 Å². The molecule has 6 heteroatoms. The number of fused-ring (bicyclic) bond motifs is 1. The van der Waals surface area contributed by atoms with Gasteiger partial charge >= 0.3 is 0 Å². The van der Waals surface area contributed by atoms with Gasteiger partial charge in [-0.15, -0.1) is 0 Å². The van der Waals surface area contributed by atoms with Crippen LogP contribution in [-0.2, 0) is 10.0 Å². The fraction of sp³-hybridized carbons (Fsp3) is 0.143. The largest absolute Gasteiger partial charge is 0.474 e.